The van der Waals surface area contributed by atoms with Crippen molar-refractivity contribution in [2.75, 3.05) is 13.7 Å². The van der Waals surface area contributed by atoms with E-state index in [1.165, 1.54) is 0 Å². The first kappa shape index (κ1) is 22.4. The molecule has 10 heteroatoms. The molecule has 0 saturated heterocycles. The molecular formula is C15H22O10. The number of esters is 5. The fourth-order valence-electron chi connectivity index (χ4n) is 1.88. The molecule has 0 heterocycles. The van der Waals surface area contributed by atoms with Crippen LogP contribution in [0.5, 0.6) is 0 Å². The summed E-state index contributed by atoms with van der Waals surface area (Å²) in [6.45, 7) is 3.91. The van der Waals surface area contributed by atoms with Crippen LogP contribution in [0.15, 0.2) is 0 Å². The van der Waals surface area contributed by atoms with E-state index in [9.17, 15) is 24.0 Å². The maximum Gasteiger partial charge on any atom is 0.309 e. The molecule has 3 atom stereocenters. The third kappa shape index (κ3) is 9.95. The third-order valence-corrected chi connectivity index (χ3v) is 2.72. The Morgan fingerprint density at radius 3 is 1.60 bits per heavy atom. The van der Waals surface area contributed by atoms with Gasteiger partial charge in [-0.25, -0.2) is 0 Å². The second kappa shape index (κ2) is 11.0. The predicted octanol–water partition coefficient (Wildman–Crippen LogP) is -0.0923. The Kier molecular flexibility index (Phi) is 9.83. The molecule has 0 amide bonds. The first-order chi connectivity index (χ1) is 11.6. The van der Waals surface area contributed by atoms with Gasteiger partial charge in [0.05, 0.1) is 13.5 Å². The van der Waals surface area contributed by atoms with E-state index in [1.807, 2.05) is 0 Å². The molecule has 0 aromatic heterocycles. The first-order valence-electron chi connectivity index (χ1n) is 7.28. The summed E-state index contributed by atoms with van der Waals surface area (Å²) < 4.78 is 24.4. The number of carbonyl (C=O) groups is 5. The Labute approximate surface area is 144 Å². The topological polar surface area (TPSA) is 132 Å². The summed E-state index contributed by atoms with van der Waals surface area (Å²) in [5.41, 5.74) is 0. The Hall–Kier alpha value is -2.65. The summed E-state index contributed by atoms with van der Waals surface area (Å²) in [4.78, 5) is 56.6. The lowest BCUT2D eigenvalue weighted by Gasteiger charge is -2.31. The molecule has 0 rings (SSSR count). The second-order valence-corrected chi connectivity index (χ2v) is 4.95. The van der Waals surface area contributed by atoms with Gasteiger partial charge in [-0.3, -0.25) is 24.0 Å². The van der Waals surface area contributed by atoms with Crippen LogP contribution in [0.25, 0.3) is 0 Å². The molecule has 142 valence electrons. The van der Waals surface area contributed by atoms with Crippen molar-refractivity contribution in [1.82, 2.24) is 0 Å². The number of hydrogen-bond donors (Lipinski definition) is 0. The van der Waals surface area contributed by atoms with Gasteiger partial charge in [0.1, 0.15) is 6.61 Å². The van der Waals surface area contributed by atoms with Crippen molar-refractivity contribution in [2.24, 2.45) is 0 Å². The standard InChI is InChI=1S/C15H22O10/c1-8(16)22-7-13(24-10(3)18)15(25-11(4)19)12(23-9(2)17)6-14(20)21-5/h12-13,15H,6-7H2,1-5H3. The first-order valence-corrected chi connectivity index (χ1v) is 7.28. The van der Waals surface area contributed by atoms with E-state index in [0.717, 1.165) is 34.8 Å². The van der Waals surface area contributed by atoms with Crippen LogP contribution in [-0.2, 0) is 47.7 Å². The predicted molar refractivity (Wildman–Crippen MR) is 79.9 cm³/mol. The van der Waals surface area contributed by atoms with Gasteiger partial charge in [0.25, 0.3) is 0 Å². The molecule has 3 unspecified atom stereocenters. The fourth-order valence-corrected chi connectivity index (χ4v) is 1.88. The molecule has 0 saturated carbocycles. The monoisotopic (exact) mass is 362 g/mol. The third-order valence-electron chi connectivity index (χ3n) is 2.72. The number of carbonyl (C=O) groups excluding carboxylic acids is 5. The zero-order chi connectivity index (χ0) is 19.6. The van der Waals surface area contributed by atoms with E-state index in [2.05, 4.69) is 4.74 Å². The summed E-state index contributed by atoms with van der Waals surface area (Å²) in [7, 11) is 1.12. The Bertz CT molecular complexity index is 512. The number of rotatable bonds is 9. The fraction of sp³-hybridized carbons (Fsp3) is 0.667. The SMILES string of the molecule is COC(=O)CC(OC(C)=O)C(OC(C)=O)C(COC(C)=O)OC(C)=O. The van der Waals surface area contributed by atoms with Crippen molar-refractivity contribution in [3.63, 3.8) is 0 Å². The van der Waals surface area contributed by atoms with Crippen LogP contribution in [0.3, 0.4) is 0 Å². The minimum atomic E-state index is -1.39. The van der Waals surface area contributed by atoms with Gasteiger partial charge in [0.15, 0.2) is 18.3 Å². The minimum Gasteiger partial charge on any atom is -0.469 e. The van der Waals surface area contributed by atoms with E-state index >= 15 is 0 Å². The van der Waals surface area contributed by atoms with E-state index in [4.69, 9.17) is 18.9 Å². The van der Waals surface area contributed by atoms with Crippen LogP contribution in [0.2, 0.25) is 0 Å². The summed E-state index contributed by atoms with van der Waals surface area (Å²) in [6, 6.07) is 0. The van der Waals surface area contributed by atoms with Gasteiger partial charge in [-0.05, 0) is 0 Å². The van der Waals surface area contributed by atoms with Crippen molar-refractivity contribution >= 4 is 29.8 Å². The average molecular weight is 362 g/mol. The number of methoxy groups -OCH3 is 1. The molecule has 0 radical (unpaired) electrons. The zero-order valence-electron chi connectivity index (χ0n) is 14.7. The normalized spacial score (nSPS) is 13.6. The van der Waals surface area contributed by atoms with Crippen LogP contribution < -0.4 is 0 Å². The number of ether oxygens (including phenoxy) is 5. The highest BCUT2D eigenvalue weighted by Gasteiger charge is 2.39. The van der Waals surface area contributed by atoms with Gasteiger partial charge in [0.2, 0.25) is 0 Å². The van der Waals surface area contributed by atoms with Gasteiger partial charge >= 0.3 is 29.8 Å². The highest BCUT2D eigenvalue weighted by atomic mass is 16.6. The quantitative estimate of drug-likeness (QED) is 0.405. The molecule has 0 fully saturated rings. The second-order valence-electron chi connectivity index (χ2n) is 4.95. The molecule has 0 N–H and O–H groups in total. The molecule has 0 aromatic carbocycles. The lowest BCUT2D eigenvalue weighted by Crippen LogP contribution is -2.48. The highest BCUT2D eigenvalue weighted by molar-refractivity contribution is 5.72. The van der Waals surface area contributed by atoms with Crippen LogP contribution in [0.1, 0.15) is 34.1 Å². The van der Waals surface area contributed by atoms with Crippen LogP contribution in [-0.4, -0.2) is 61.9 Å². The largest absolute Gasteiger partial charge is 0.469 e. The molecule has 0 aromatic rings. The van der Waals surface area contributed by atoms with Crippen LogP contribution >= 0.6 is 0 Å². The lowest BCUT2D eigenvalue weighted by molar-refractivity contribution is -0.191. The molecule has 0 spiro atoms. The van der Waals surface area contributed by atoms with Crippen molar-refractivity contribution in [2.45, 2.75) is 52.4 Å². The lowest BCUT2D eigenvalue weighted by atomic mass is 10.0. The van der Waals surface area contributed by atoms with E-state index < -0.39 is 61.2 Å². The summed E-state index contributed by atoms with van der Waals surface area (Å²) in [6.07, 6.45) is -4.46. The molecule has 0 bridgehead atoms. The van der Waals surface area contributed by atoms with Gasteiger partial charge in [0, 0.05) is 27.7 Å². The molecule has 0 aliphatic rings. The van der Waals surface area contributed by atoms with Crippen LogP contribution in [0, 0.1) is 0 Å². The van der Waals surface area contributed by atoms with Gasteiger partial charge in [-0.15, -0.1) is 0 Å². The summed E-state index contributed by atoms with van der Waals surface area (Å²) >= 11 is 0. The van der Waals surface area contributed by atoms with Crippen molar-refractivity contribution < 1.29 is 47.7 Å². The average Bonchev–Trinajstić information content (AvgIpc) is 2.47. The zero-order valence-corrected chi connectivity index (χ0v) is 14.7. The summed E-state index contributed by atoms with van der Waals surface area (Å²) in [5, 5.41) is 0. The maximum atomic E-state index is 11.6. The molecule has 0 aliphatic carbocycles. The minimum absolute atomic E-state index is 0.466. The highest BCUT2D eigenvalue weighted by Crippen LogP contribution is 2.18. The van der Waals surface area contributed by atoms with Gasteiger partial charge in [-0.2, -0.15) is 0 Å². The van der Waals surface area contributed by atoms with E-state index in [-0.39, 0.29) is 0 Å². The molecule has 0 aliphatic heterocycles. The summed E-state index contributed by atoms with van der Waals surface area (Å²) in [5.74, 6) is -3.73. The van der Waals surface area contributed by atoms with Crippen LogP contribution in [0.4, 0.5) is 0 Å². The maximum absolute atomic E-state index is 11.6. The Morgan fingerprint density at radius 2 is 1.20 bits per heavy atom. The smallest absolute Gasteiger partial charge is 0.309 e. The molecule has 10 nitrogen and oxygen atoms in total. The van der Waals surface area contributed by atoms with Crippen molar-refractivity contribution in [3.8, 4) is 0 Å². The Balaban J connectivity index is 5.64. The molecular weight excluding hydrogens is 340 g/mol. The van der Waals surface area contributed by atoms with E-state index in [1.54, 1.807) is 0 Å². The van der Waals surface area contributed by atoms with Gasteiger partial charge in [-0.1, -0.05) is 0 Å². The van der Waals surface area contributed by atoms with Crippen molar-refractivity contribution in [1.29, 1.82) is 0 Å². The Morgan fingerprint density at radius 1 is 0.720 bits per heavy atom. The number of hydrogen-bond acceptors (Lipinski definition) is 10. The van der Waals surface area contributed by atoms with Gasteiger partial charge < -0.3 is 23.7 Å². The van der Waals surface area contributed by atoms with E-state index in [0.29, 0.717) is 0 Å². The molecule has 25 heavy (non-hydrogen) atoms. The van der Waals surface area contributed by atoms with Crippen molar-refractivity contribution in [3.05, 3.63) is 0 Å².